The molecule has 0 atom stereocenters. The van der Waals surface area contributed by atoms with E-state index in [1.54, 1.807) is 36.4 Å². The summed E-state index contributed by atoms with van der Waals surface area (Å²) >= 11 is 0. The molecule has 0 spiro atoms. The topological polar surface area (TPSA) is 88.4 Å². The first-order valence-electron chi connectivity index (χ1n) is 7.87. The first-order chi connectivity index (χ1) is 12.1. The van der Waals surface area contributed by atoms with Crippen LogP contribution in [0.3, 0.4) is 0 Å². The van der Waals surface area contributed by atoms with Gasteiger partial charge in [0, 0.05) is 23.2 Å². The lowest BCUT2D eigenvalue weighted by Gasteiger charge is -2.17. The second-order valence-corrected chi connectivity index (χ2v) is 5.82. The Morgan fingerprint density at radius 1 is 1.08 bits per heavy atom. The normalized spacial score (nSPS) is 13.2. The lowest BCUT2D eigenvalue weighted by molar-refractivity contribution is 0.0944. The third-order valence-corrected chi connectivity index (χ3v) is 4.18. The van der Waals surface area contributed by atoms with Gasteiger partial charge >= 0.3 is 5.63 Å². The van der Waals surface area contributed by atoms with Gasteiger partial charge in [0.15, 0.2) is 0 Å². The monoisotopic (exact) mass is 334 g/mol. The average molecular weight is 334 g/mol. The van der Waals surface area contributed by atoms with Crippen LogP contribution in [0.1, 0.15) is 26.3 Å². The van der Waals surface area contributed by atoms with Gasteiger partial charge in [-0.25, -0.2) is 4.79 Å². The average Bonchev–Trinajstić information content (AvgIpc) is 2.62. The third-order valence-electron chi connectivity index (χ3n) is 4.18. The number of carbonyl (C=O) groups is 2. The van der Waals surface area contributed by atoms with Crippen LogP contribution < -0.4 is 16.3 Å². The fourth-order valence-electron chi connectivity index (χ4n) is 2.91. The molecule has 2 heterocycles. The molecule has 0 radical (unpaired) electrons. The van der Waals surface area contributed by atoms with Crippen molar-refractivity contribution in [3.05, 3.63) is 75.6 Å². The molecule has 0 fully saturated rings. The summed E-state index contributed by atoms with van der Waals surface area (Å²) in [6.45, 7) is 0.607. The van der Waals surface area contributed by atoms with Gasteiger partial charge < -0.3 is 15.1 Å². The smallest absolute Gasteiger partial charge is 0.349 e. The minimum Gasteiger partial charge on any atom is -0.422 e. The predicted octanol–water partition coefficient (Wildman–Crippen LogP) is 2.33. The highest BCUT2D eigenvalue weighted by molar-refractivity contribution is 6.06. The number of para-hydroxylation sites is 1. The summed E-state index contributed by atoms with van der Waals surface area (Å²) in [6, 6.07) is 13.6. The second-order valence-electron chi connectivity index (χ2n) is 5.82. The SMILES string of the molecule is O=C1NCCc2ccc(NC(=O)c3cc4ccccc4oc3=O)cc21. The molecule has 25 heavy (non-hydrogen) atoms. The molecule has 0 bridgehead atoms. The fourth-order valence-corrected chi connectivity index (χ4v) is 2.91. The van der Waals surface area contributed by atoms with E-state index in [0.29, 0.717) is 28.8 Å². The van der Waals surface area contributed by atoms with E-state index in [2.05, 4.69) is 10.6 Å². The Balaban J connectivity index is 1.66. The van der Waals surface area contributed by atoms with Crippen LogP contribution >= 0.6 is 0 Å². The zero-order valence-corrected chi connectivity index (χ0v) is 13.2. The molecule has 2 N–H and O–H groups in total. The van der Waals surface area contributed by atoms with Crippen molar-refractivity contribution in [1.29, 1.82) is 0 Å². The lowest BCUT2D eigenvalue weighted by Crippen LogP contribution is -2.32. The second kappa shape index (κ2) is 5.90. The number of amides is 2. The van der Waals surface area contributed by atoms with Gasteiger partial charge in [0.25, 0.3) is 11.8 Å². The van der Waals surface area contributed by atoms with Crippen LogP contribution in [0.2, 0.25) is 0 Å². The van der Waals surface area contributed by atoms with Gasteiger partial charge in [-0.15, -0.1) is 0 Å². The molecule has 1 aromatic heterocycles. The first-order valence-corrected chi connectivity index (χ1v) is 7.87. The van der Waals surface area contributed by atoms with Gasteiger partial charge in [-0.3, -0.25) is 9.59 Å². The van der Waals surface area contributed by atoms with Crippen molar-refractivity contribution in [2.75, 3.05) is 11.9 Å². The van der Waals surface area contributed by atoms with Crippen LogP contribution in [0.5, 0.6) is 0 Å². The molecule has 2 aromatic carbocycles. The van der Waals surface area contributed by atoms with E-state index < -0.39 is 11.5 Å². The standard InChI is InChI=1S/C19H14N2O4/c22-17-14-10-13(6-5-11(14)7-8-20-17)21-18(23)15-9-12-3-1-2-4-16(12)25-19(15)24/h1-6,9-10H,7-8H2,(H,20,22)(H,21,23). The van der Waals surface area contributed by atoms with E-state index in [1.165, 1.54) is 6.07 Å². The van der Waals surface area contributed by atoms with Crippen LogP contribution in [0.15, 0.2) is 57.7 Å². The van der Waals surface area contributed by atoms with E-state index >= 15 is 0 Å². The largest absolute Gasteiger partial charge is 0.422 e. The summed E-state index contributed by atoms with van der Waals surface area (Å²) in [4.78, 5) is 36.4. The summed E-state index contributed by atoms with van der Waals surface area (Å²) in [6.07, 6.45) is 0.754. The third kappa shape index (κ3) is 2.78. The molecule has 4 rings (SSSR count). The van der Waals surface area contributed by atoms with Crippen molar-refractivity contribution in [2.24, 2.45) is 0 Å². The van der Waals surface area contributed by atoms with Gasteiger partial charge in [-0.1, -0.05) is 24.3 Å². The molecule has 2 amide bonds. The van der Waals surface area contributed by atoms with Crippen LogP contribution in [0.4, 0.5) is 5.69 Å². The van der Waals surface area contributed by atoms with Crippen LogP contribution in [-0.2, 0) is 6.42 Å². The Labute approximate surface area is 142 Å². The molecule has 124 valence electrons. The number of anilines is 1. The fraction of sp³-hybridized carbons (Fsp3) is 0.105. The van der Waals surface area contributed by atoms with Gasteiger partial charge in [0.2, 0.25) is 0 Å². The summed E-state index contributed by atoms with van der Waals surface area (Å²) in [7, 11) is 0. The quantitative estimate of drug-likeness (QED) is 0.704. The van der Waals surface area contributed by atoms with E-state index in [4.69, 9.17) is 4.42 Å². The number of rotatable bonds is 2. The summed E-state index contributed by atoms with van der Waals surface area (Å²) < 4.78 is 5.18. The molecule has 6 heteroatoms. The van der Waals surface area contributed by atoms with Gasteiger partial charge in [0.1, 0.15) is 11.1 Å². The van der Waals surface area contributed by atoms with Crippen molar-refractivity contribution in [3.8, 4) is 0 Å². The number of benzene rings is 2. The highest BCUT2D eigenvalue weighted by atomic mass is 16.4. The van der Waals surface area contributed by atoms with Crippen LogP contribution in [0.25, 0.3) is 11.0 Å². The first kappa shape index (κ1) is 15.1. The Morgan fingerprint density at radius 2 is 1.92 bits per heavy atom. The van der Waals surface area contributed by atoms with Crippen LogP contribution in [-0.4, -0.2) is 18.4 Å². The maximum atomic E-state index is 12.5. The molecule has 1 aliphatic rings. The molecule has 0 saturated carbocycles. The Morgan fingerprint density at radius 3 is 2.80 bits per heavy atom. The Hall–Kier alpha value is -3.41. The molecule has 6 nitrogen and oxygen atoms in total. The molecule has 1 aliphatic heterocycles. The Kier molecular flexibility index (Phi) is 3.57. The Bertz CT molecular complexity index is 1070. The number of hydrogen-bond donors (Lipinski definition) is 2. The van der Waals surface area contributed by atoms with Gasteiger partial charge in [0.05, 0.1) is 0 Å². The molecular weight excluding hydrogens is 320 g/mol. The van der Waals surface area contributed by atoms with Gasteiger partial charge in [-0.2, -0.15) is 0 Å². The van der Waals surface area contributed by atoms with Crippen molar-refractivity contribution in [3.63, 3.8) is 0 Å². The summed E-state index contributed by atoms with van der Waals surface area (Å²) in [5.74, 6) is -0.738. The van der Waals surface area contributed by atoms with E-state index in [-0.39, 0.29) is 11.5 Å². The highest BCUT2D eigenvalue weighted by Crippen LogP contribution is 2.20. The summed E-state index contributed by atoms with van der Waals surface area (Å²) in [5.41, 5.74) is 1.57. The maximum Gasteiger partial charge on any atom is 0.349 e. The van der Waals surface area contributed by atoms with Crippen molar-refractivity contribution < 1.29 is 14.0 Å². The summed E-state index contributed by atoms with van der Waals surface area (Å²) in [5, 5.41) is 6.08. The lowest BCUT2D eigenvalue weighted by atomic mass is 10.00. The minimum absolute atomic E-state index is 0.0825. The van der Waals surface area contributed by atoms with Crippen molar-refractivity contribution in [2.45, 2.75) is 6.42 Å². The van der Waals surface area contributed by atoms with Gasteiger partial charge in [-0.05, 0) is 36.2 Å². The highest BCUT2D eigenvalue weighted by Gasteiger charge is 2.18. The minimum atomic E-state index is -0.702. The number of fused-ring (bicyclic) bond motifs is 2. The number of hydrogen-bond acceptors (Lipinski definition) is 4. The molecule has 0 aliphatic carbocycles. The van der Waals surface area contributed by atoms with E-state index in [0.717, 1.165) is 12.0 Å². The van der Waals surface area contributed by atoms with E-state index in [1.807, 2.05) is 6.07 Å². The zero-order chi connectivity index (χ0) is 17.4. The number of nitrogens with one attached hydrogen (secondary N) is 2. The molecular formula is C19H14N2O4. The van der Waals surface area contributed by atoms with Crippen molar-refractivity contribution >= 4 is 28.5 Å². The molecule has 0 saturated heterocycles. The van der Waals surface area contributed by atoms with Crippen LogP contribution in [0, 0.1) is 0 Å². The maximum absolute atomic E-state index is 12.5. The predicted molar refractivity (Wildman–Crippen MR) is 92.9 cm³/mol. The van der Waals surface area contributed by atoms with E-state index in [9.17, 15) is 14.4 Å². The zero-order valence-electron chi connectivity index (χ0n) is 13.2. The molecule has 0 unspecified atom stereocenters. The van der Waals surface area contributed by atoms with Crippen molar-refractivity contribution in [1.82, 2.24) is 5.32 Å². The number of carbonyl (C=O) groups excluding carboxylic acids is 2. The molecule has 3 aromatic rings.